The number of carbonyl (C=O) groups is 3. The maximum atomic E-state index is 14.1. The van der Waals surface area contributed by atoms with Crippen molar-refractivity contribution in [2.24, 2.45) is 11.3 Å². The lowest BCUT2D eigenvalue weighted by Gasteiger charge is -2.33. The van der Waals surface area contributed by atoms with Crippen molar-refractivity contribution in [2.45, 2.75) is 97.6 Å². The van der Waals surface area contributed by atoms with E-state index in [-0.39, 0.29) is 17.9 Å². The first-order valence-corrected chi connectivity index (χ1v) is 16.1. The monoisotopic (exact) mass is 610 g/mol. The molecule has 0 radical (unpaired) electrons. The molecule has 2 aliphatic rings. The average Bonchev–Trinajstić information content (AvgIpc) is 3.51. The van der Waals surface area contributed by atoms with Gasteiger partial charge in [-0.25, -0.2) is 4.79 Å². The van der Waals surface area contributed by atoms with Crippen LogP contribution in [0.3, 0.4) is 0 Å². The molecule has 0 bridgehead atoms. The van der Waals surface area contributed by atoms with Crippen LogP contribution in [0.5, 0.6) is 0 Å². The Morgan fingerprint density at radius 3 is 2.42 bits per heavy atom. The highest BCUT2D eigenvalue weighted by Crippen LogP contribution is 2.34. The van der Waals surface area contributed by atoms with Gasteiger partial charge < -0.3 is 20.1 Å². The summed E-state index contributed by atoms with van der Waals surface area (Å²) >= 11 is 0. The normalized spacial score (nSPS) is 20.2. The summed E-state index contributed by atoms with van der Waals surface area (Å²) in [5.74, 6) is -3.13. The molecule has 0 saturated carbocycles. The summed E-state index contributed by atoms with van der Waals surface area (Å²) in [5.41, 5.74) is 6.44. The molecule has 3 aromatic rings. The number of ether oxygens (including phenoxy) is 2. The molecular weight excluding hydrogens is 564 g/mol. The second-order valence-corrected chi connectivity index (χ2v) is 14.0. The second kappa shape index (κ2) is 13.2. The highest BCUT2D eigenvalue weighted by atomic mass is 16.8. The highest BCUT2D eigenvalue weighted by molar-refractivity contribution is 5.92. The van der Waals surface area contributed by atoms with Crippen molar-refractivity contribution in [3.63, 3.8) is 0 Å². The molecule has 4 atom stereocenters. The molecule has 0 spiro atoms. The number of hydrogen-bond acceptors (Lipinski definition) is 5. The first-order chi connectivity index (χ1) is 21.3. The molecule has 4 unspecified atom stereocenters. The van der Waals surface area contributed by atoms with E-state index < -0.39 is 35.2 Å². The third kappa shape index (κ3) is 7.64. The van der Waals surface area contributed by atoms with Crippen LogP contribution in [0.2, 0.25) is 0 Å². The molecule has 2 amide bonds. The van der Waals surface area contributed by atoms with Crippen LogP contribution in [0.4, 0.5) is 0 Å². The lowest BCUT2D eigenvalue weighted by Crippen LogP contribution is -2.56. The van der Waals surface area contributed by atoms with Gasteiger partial charge in [0.05, 0.1) is 12.0 Å². The van der Waals surface area contributed by atoms with Crippen LogP contribution in [0.15, 0.2) is 72.8 Å². The number of hydrogen-bond donors (Lipinski definition) is 2. The minimum absolute atomic E-state index is 0.103. The molecule has 238 valence electrons. The number of rotatable bonds is 10. The van der Waals surface area contributed by atoms with E-state index >= 15 is 0 Å². The first kappa shape index (κ1) is 32.4. The molecule has 7 heteroatoms. The van der Waals surface area contributed by atoms with Crippen LogP contribution in [0.1, 0.15) is 82.2 Å². The Balaban J connectivity index is 1.33. The van der Waals surface area contributed by atoms with Crippen molar-refractivity contribution >= 4 is 17.8 Å². The maximum Gasteiger partial charge on any atom is 0.338 e. The molecule has 7 nitrogen and oxygen atoms in total. The van der Waals surface area contributed by atoms with E-state index in [0.29, 0.717) is 19.3 Å². The second-order valence-electron chi connectivity index (χ2n) is 14.0. The minimum atomic E-state index is -1.13. The van der Waals surface area contributed by atoms with E-state index in [2.05, 4.69) is 66.1 Å². The molecule has 1 heterocycles. The SMILES string of the molecule is Cc1cccc(-c2ccccc2CCCC(C(=O)NC(C(=O)NC2CCc3ccccc32)C(C)(C)C)C2OC(C)(C)OC2=O)c1. The molecule has 1 aliphatic heterocycles. The van der Waals surface area contributed by atoms with Crippen molar-refractivity contribution in [2.75, 3.05) is 0 Å². The van der Waals surface area contributed by atoms with Gasteiger partial charge in [0.2, 0.25) is 17.6 Å². The maximum absolute atomic E-state index is 14.1. The van der Waals surface area contributed by atoms with E-state index in [9.17, 15) is 14.4 Å². The summed E-state index contributed by atoms with van der Waals surface area (Å²) in [7, 11) is 0. The third-order valence-corrected chi connectivity index (χ3v) is 8.86. The third-order valence-electron chi connectivity index (χ3n) is 8.86. The van der Waals surface area contributed by atoms with Crippen LogP contribution in [-0.2, 0) is 36.7 Å². The number of nitrogens with one attached hydrogen (secondary N) is 2. The number of cyclic esters (lactones) is 1. The fourth-order valence-corrected chi connectivity index (χ4v) is 6.58. The fourth-order valence-electron chi connectivity index (χ4n) is 6.58. The Hall–Kier alpha value is -3.97. The van der Waals surface area contributed by atoms with Gasteiger partial charge in [-0.05, 0) is 72.3 Å². The number of aryl methyl sites for hydroxylation is 3. The standard InChI is InChI=1S/C38H46N2O5/c1-24-13-11-17-27(23-24)28-18-9-7-14-25(28)16-12-20-30(32-36(43)45-38(5,6)44-32)34(41)40-33(37(2,3)4)35(42)39-31-22-21-26-15-8-10-19-29(26)31/h7-11,13-15,17-19,23,30-33H,12,16,20-22H2,1-6H3,(H,39,42)(H,40,41). The largest absolute Gasteiger partial charge is 0.432 e. The summed E-state index contributed by atoms with van der Waals surface area (Å²) in [4.78, 5) is 40.8. The van der Waals surface area contributed by atoms with Gasteiger partial charge in [-0.2, -0.15) is 0 Å². The number of benzene rings is 3. The number of fused-ring (bicyclic) bond motifs is 1. The Kier molecular flexibility index (Phi) is 9.49. The Labute approximate surface area is 267 Å². The minimum Gasteiger partial charge on any atom is -0.432 e. The van der Waals surface area contributed by atoms with Crippen LogP contribution >= 0.6 is 0 Å². The topological polar surface area (TPSA) is 93.7 Å². The van der Waals surface area contributed by atoms with Crippen molar-refractivity contribution < 1.29 is 23.9 Å². The zero-order valence-electron chi connectivity index (χ0n) is 27.3. The van der Waals surface area contributed by atoms with Crippen LogP contribution in [0.25, 0.3) is 11.1 Å². The van der Waals surface area contributed by atoms with Crippen molar-refractivity contribution in [3.05, 3.63) is 95.1 Å². The molecule has 1 fully saturated rings. The Morgan fingerprint density at radius 2 is 1.71 bits per heavy atom. The van der Waals surface area contributed by atoms with E-state index in [4.69, 9.17) is 9.47 Å². The Bertz CT molecular complexity index is 1560. The summed E-state index contributed by atoms with van der Waals surface area (Å²) in [6, 6.07) is 23.9. The van der Waals surface area contributed by atoms with Crippen molar-refractivity contribution in [1.82, 2.24) is 10.6 Å². The molecule has 1 saturated heterocycles. The van der Waals surface area contributed by atoms with Crippen molar-refractivity contribution in [1.29, 1.82) is 0 Å². The van der Waals surface area contributed by atoms with E-state index in [0.717, 1.165) is 29.5 Å². The molecule has 0 aromatic heterocycles. The smallest absolute Gasteiger partial charge is 0.338 e. The predicted molar refractivity (Wildman–Crippen MR) is 175 cm³/mol. The highest BCUT2D eigenvalue weighted by Gasteiger charge is 2.48. The molecule has 2 N–H and O–H groups in total. The first-order valence-electron chi connectivity index (χ1n) is 16.1. The number of amides is 2. The molecule has 1 aliphatic carbocycles. The summed E-state index contributed by atoms with van der Waals surface area (Å²) < 4.78 is 11.5. The lowest BCUT2D eigenvalue weighted by atomic mass is 9.84. The zero-order chi connectivity index (χ0) is 32.4. The van der Waals surface area contributed by atoms with Gasteiger partial charge in [0.1, 0.15) is 6.04 Å². The van der Waals surface area contributed by atoms with Crippen LogP contribution in [-0.4, -0.2) is 35.7 Å². The fraction of sp³-hybridized carbons (Fsp3) is 0.447. The van der Waals surface area contributed by atoms with Crippen LogP contribution in [0, 0.1) is 18.3 Å². The van der Waals surface area contributed by atoms with Gasteiger partial charge in [-0.15, -0.1) is 0 Å². The summed E-state index contributed by atoms with van der Waals surface area (Å²) in [6.07, 6.45) is 2.40. The average molecular weight is 611 g/mol. The zero-order valence-corrected chi connectivity index (χ0v) is 27.3. The van der Waals surface area contributed by atoms with E-state index in [1.54, 1.807) is 13.8 Å². The molecular formula is C38H46N2O5. The predicted octanol–water partition coefficient (Wildman–Crippen LogP) is 6.61. The van der Waals surface area contributed by atoms with Gasteiger partial charge in [-0.3, -0.25) is 9.59 Å². The van der Waals surface area contributed by atoms with Gasteiger partial charge in [-0.1, -0.05) is 99.1 Å². The number of carbonyl (C=O) groups excluding carboxylic acids is 3. The molecule has 3 aromatic carbocycles. The van der Waals surface area contributed by atoms with Gasteiger partial charge in [0.15, 0.2) is 6.10 Å². The van der Waals surface area contributed by atoms with Gasteiger partial charge >= 0.3 is 5.97 Å². The van der Waals surface area contributed by atoms with E-state index in [1.165, 1.54) is 16.7 Å². The summed E-state index contributed by atoms with van der Waals surface area (Å²) in [6.45, 7) is 11.2. The summed E-state index contributed by atoms with van der Waals surface area (Å²) in [5, 5.41) is 6.22. The quantitative estimate of drug-likeness (QED) is 0.252. The number of esters is 1. The lowest BCUT2D eigenvalue weighted by molar-refractivity contribution is -0.162. The van der Waals surface area contributed by atoms with Crippen LogP contribution < -0.4 is 10.6 Å². The van der Waals surface area contributed by atoms with Gasteiger partial charge in [0.25, 0.3) is 0 Å². The van der Waals surface area contributed by atoms with Gasteiger partial charge in [0, 0.05) is 13.8 Å². The van der Waals surface area contributed by atoms with Crippen molar-refractivity contribution in [3.8, 4) is 11.1 Å². The molecule has 5 rings (SSSR count). The molecule has 45 heavy (non-hydrogen) atoms. The van der Waals surface area contributed by atoms with E-state index in [1.807, 2.05) is 45.0 Å². The Morgan fingerprint density at radius 1 is 0.978 bits per heavy atom.